The number of benzene rings is 1. The number of para-hydroxylation sites is 1. The minimum atomic E-state index is -0.546. The van der Waals surface area contributed by atoms with E-state index in [1.807, 2.05) is 24.3 Å². The van der Waals surface area contributed by atoms with Crippen LogP contribution in [0.1, 0.15) is 32.4 Å². The van der Waals surface area contributed by atoms with Crippen LogP contribution in [-0.4, -0.2) is 42.9 Å². The maximum Gasteiger partial charge on any atom is 0.254 e. The molecule has 0 saturated heterocycles. The van der Waals surface area contributed by atoms with E-state index in [9.17, 15) is 9.59 Å². The van der Waals surface area contributed by atoms with Gasteiger partial charge in [0.15, 0.2) is 0 Å². The summed E-state index contributed by atoms with van der Waals surface area (Å²) >= 11 is 0. The minimum Gasteiger partial charge on any atom is -0.341 e. The van der Waals surface area contributed by atoms with Gasteiger partial charge in [0.05, 0.1) is 0 Å². The lowest BCUT2D eigenvalue weighted by atomic mass is 10.1. The molecular formula is C16H23N3O2. The smallest absolute Gasteiger partial charge is 0.254 e. The van der Waals surface area contributed by atoms with Gasteiger partial charge in [-0.05, 0) is 19.2 Å². The van der Waals surface area contributed by atoms with Crippen LogP contribution < -0.4 is 10.2 Å². The SMILES string of the molecule is CCN(CC)CCN1C(=O)[C@H](NC(C)=O)c2ccccc21. The van der Waals surface area contributed by atoms with E-state index in [0.29, 0.717) is 6.54 Å². The zero-order valence-corrected chi connectivity index (χ0v) is 12.9. The molecule has 0 radical (unpaired) electrons. The molecular weight excluding hydrogens is 266 g/mol. The molecule has 1 atom stereocenters. The van der Waals surface area contributed by atoms with Crippen molar-refractivity contribution in [3.8, 4) is 0 Å². The van der Waals surface area contributed by atoms with Crippen LogP contribution >= 0.6 is 0 Å². The predicted molar refractivity (Wildman–Crippen MR) is 83.1 cm³/mol. The number of hydrogen-bond acceptors (Lipinski definition) is 3. The standard InChI is InChI=1S/C16H23N3O2/c1-4-18(5-2)10-11-19-14-9-7-6-8-13(14)15(16(19)21)17-12(3)20/h6-9,15H,4-5,10-11H2,1-3H3,(H,17,20)/t15-/m1/s1. The fraction of sp³-hybridized carbons (Fsp3) is 0.500. The number of nitrogens with one attached hydrogen (secondary N) is 1. The van der Waals surface area contributed by atoms with E-state index in [1.54, 1.807) is 4.90 Å². The predicted octanol–water partition coefficient (Wildman–Crippen LogP) is 1.55. The van der Waals surface area contributed by atoms with Gasteiger partial charge in [-0.2, -0.15) is 0 Å². The van der Waals surface area contributed by atoms with Gasteiger partial charge in [0.1, 0.15) is 6.04 Å². The zero-order chi connectivity index (χ0) is 15.4. The van der Waals surface area contributed by atoms with E-state index in [2.05, 4.69) is 24.1 Å². The highest BCUT2D eigenvalue weighted by molar-refractivity contribution is 6.06. The fourth-order valence-electron chi connectivity index (χ4n) is 2.74. The zero-order valence-electron chi connectivity index (χ0n) is 12.9. The fourth-order valence-corrected chi connectivity index (χ4v) is 2.74. The first-order valence-corrected chi connectivity index (χ1v) is 7.48. The van der Waals surface area contributed by atoms with Crippen LogP contribution in [0.15, 0.2) is 24.3 Å². The molecule has 1 aromatic rings. The first-order valence-electron chi connectivity index (χ1n) is 7.48. The third kappa shape index (κ3) is 3.24. The summed E-state index contributed by atoms with van der Waals surface area (Å²) in [7, 11) is 0. The second kappa shape index (κ2) is 6.72. The summed E-state index contributed by atoms with van der Waals surface area (Å²) in [5, 5.41) is 2.75. The van der Waals surface area contributed by atoms with Crippen LogP contribution in [0.5, 0.6) is 0 Å². The van der Waals surface area contributed by atoms with Crippen molar-refractivity contribution in [3.63, 3.8) is 0 Å². The van der Waals surface area contributed by atoms with Gasteiger partial charge in [-0.25, -0.2) is 0 Å². The molecule has 0 bridgehead atoms. The van der Waals surface area contributed by atoms with Gasteiger partial charge in [-0.15, -0.1) is 0 Å². The summed E-state index contributed by atoms with van der Waals surface area (Å²) in [5.41, 5.74) is 1.80. The lowest BCUT2D eigenvalue weighted by Gasteiger charge is -2.23. The Morgan fingerprint density at radius 3 is 2.57 bits per heavy atom. The molecule has 5 nitrogen and oxygen atoms in total. The third-order valence-corrected chi connectivity index (χ3v) is 3.93. The third-order valence-electron chi connectivity index (χ3n) is 3.93. The van der Waals surface area contributed by atoms with E-state index in [4.69, 9.17) is 0 Å². The highest BCUT2D eigenvalue weighted by Gasteiger charge is 2.37. The molecule has 1 N–H and O–H groups in total. The van der Waals surface area contributed by atoms with Crippen LogP contribution in [0.25, 0.3) is 0 Å². The molecule has 0 aromatic heterocycles. The second-order valence-electron chi connectivity index (χ2n) is 5.21. The van der Waals surface area contributed by atoms with E-state index < -0.39 is 6.04 Å². The van der Waals surface area contributed by atoms with E-state index >= 15 is 0 Å². The summed E-state index contributed by atoms with van der Waals surface area (Å²) in [6, 6.07) is 7.12. The number of anilines is 1. The Labute approximate surface area is 125 Å². The molecule has 2 amide bonds. The minimum absolute atomic E-state index is 0.0430. The number of nitrogens with zero attached hydrogens (tertiary/aromatic N) is 2. The average molecular weight is 289 g/mol. The lowest BCUT2D eigenvalue weighted by Crippen LogP contribution is -2.40. The number of likely N-dealkylation sites (N-methyl/N-ethyl adjacent to an activating group) is 1. The molecule has 114 valence electrons. The van der Waals surface area contributed by atoms with Crippen molar-refractivity contribution in [1.29, 1.82) is 0 Å². The number of rotatable bonds is 6. The molecule has 0 aliphatic carbocycles. The Morgan fingerprint density at radius 2 is 1.95 bits per heavy atom. The van der Waals surface area contributed by atoms with E-state index in [1.165, 1.54) is 6.92 Å². The quantitative estimate of drug-likeness (QED) is 0.864. The van der Waals surface area contributed by atoms with Crippen LogP contribution in [0.4, 0.5) is 5.69 Å². The van der Waals surface area contributed by atoms with Crippen molar-refractivity contribution in [3.05, 3.63) is 29.8 Å². The monoisotopic (exact) mass is 289 g/mol. The summed E-state index contributed by atoms with van der Waals surface area (Å²) in [4.78, 5) is 28.0. The summed E-state index contributed by atoms with van der Waals surface area (Å²) in [6.45, 7) is 9.08. The maximum atomic E-state index is 12.6. The molecule has 1 aromatic carbocycles. The maximum absolute atomic E-state index is 12.6. The van der Waals surface area contributed by atoms with Gasteiger partial charge >= 0.3 is 0 Å². The first-order chi connectivity index (χ1) is 10.1. The number of hydrogen-bond donors (Lipinski definition) is 1. The molecule has 5 heteroatoms. The first kappa shape index (κ1) is 15.5. The van der Waals surface area contributed by atoms with Crippen molar-refractivity contribution in [2.24, 2.45) is 0 Å². The Bertz CT molecular complexity index is 526. The van der Waals surface area contributed by atoms with Gasteiger partial charge in [0, 0.05) is 31.3 Å². The molecule has 1 heterocycles. The molecule has 2 rings (SSSR count). The number of fused-ring (bicyclic) bond motifs is 1. The van der Waals surface area contributed by atoms with Crippen molar-refractivity contribution < 1.29 is 9.59 Å². The molecule has 0 spiro atoms. The van der Waals surface area contributed by atoms with E-state index in [0.717, 1.165) is 30.9 Å². The Hall–Kier alpha value is -1.88. The van der Waals surface area contributed by atoms with Gasteiger partial charge in [0.2, 0.25) is 5.91 Å². The summed E-state index contributed by atoms with van der Waals surface area (Å²) in [5.74, 6) is -0.229. The van der Waals surface area contributed by atoms with Crippen LogP contribution in [-0.2, 0) is 9.59 Å². The Kier molecular flexibility index (Phi) is 4.96. The van der Waals surface area contributed by atoms with Gasteiger partial charge < -0.3 is 15.1 Å². The van der Waals surface area contributed by atoms with Crippen LogP contribution in [0, 0.1) is 0 Å². The molecule has 0 fully saturated rings. The number of amides is 2. The highest BCUT2D eigenvalue weighted by Crippen LogP contribution is 2.35. The van der Waals surface area contributed by atoms with Crippen molar-refractivity contribution >= 4 is 17.5 Å². The average Bonchev–Trinajstić information content (AvgIpc) is 2.73. The Balaban J connectivity index is 2.19. The van der Waals surface area contributed by atoms with Gasteiger partial charge in [-0.1, -0.05) is 32.0 Å². The number of carbonyl (C=O) groups is 2. The topological polar surface area (TPSA) is 52.6 Å². The molecule has 1 aliphatic heterocycles. The molecule has 21 heavy (non-hydrogen) atoms. The van der Waals surface area contributed by atoms with Crippen LogP contribution in [0.2, 0.25) is 0 Å². The highest BCUT2D eigenvalue weighted by atomic mass is 16.2. The van der Waals surface area contributed by atoms with Crippen molar-refractivity contribution in [2.45, 2.75) is 26.8 Å². The van der Waals surface area contributed by atoms with Crippen molar-refractivity contribution in [1.82, 2.24) is 10.2 Å². The normalized spacial score (nSPS) is 17.2. The van der Waals surface area contributed by atoms with Gasteiger partial charge in [0.25, 0.3) is 5.91 Å². The largest absolute Gasteiger partial charge is 0.341 e. The van der Waals surface area contributed by atoms with E-state index in [-0.39, 0.29) is 11.8 Å². The molecule has 1 aliphatic rings. The molecule has 0 unspecified atom stereocenters. The lowest BCUT2D eigenvalue weighted by molar-refractivity contribution is -0.126. The molecule has 0 saturated carbocycles. The second-order valence-corrected chi connectivity index (χ2v) is 5.21. The number of carbonyl (C=O) groups excluding carboxylic acids is 2. The Morgan fingerprint density at radius 1 is 1.29 bits per heavy atom. The van der Waals surface area contributed by atoms with Crippen LogP contribution in [0.3, 0.4) is 0 Å². The summed E-state index contributed by atoms with van der Waals surface area (Å²) in [6.07, 6.45) is 0. The van der Waals surface area contributed by atoms with Gasteiger partial charge in [-0.3, -0.25) is 9.59 Å². The summed E-state index contributed by atoms with van der Waals surface area (Å²) < 4.78 is 0. The van der Waals surface area contributed by atoms with Crippen molar-refractivity contribution in [2.75, 3.05) is 31.1 Å².